The van der Waals surface area contributed by atoms with Gasteiger partial charge >= 0.3 is 12.0 Å². The largest absolute Gasteiger partial charge is 0.478 e. The maximum absolute atomic E-state index is 14.7. The van der Waals surface area contributed by atoms with E-state index in [4.69, 9.17) is 16.7 Å². The summed E-state index contributed by atoms with van der Waals surface area (Å²) in [4.78, 5) is 33.0. The van der Waals surface area contributed by atoms with Crippen LogP contribution in [-0.4, -0.2) is 38.5 Å². The van der Waals surface area contributed by atoms with Gasteiger partial charge in [0.05, 0.1) is 17.6 Å². The number of nitrogens with one attached hydrogen (secondary N) is 2. The van der Waals surface area contributed by atoms with E-state index >= 15 is 0 Å². The molecule has 1 atom stereocenters. The van der Waals surface area contributed by atoms with E-state index in [0.29, 0.717) is 24.3 Å². The van der Waals surface area contributed by atoms with Crippen LogP contribution >= 0.6 is 11.6 Å². The molecule has 0 saturated heterocycles. The minimum Gasteiger partial charge on any atom is -0.478 e. The number of urea groups is 1. The molecule has 0 bridgehead atoms. The van der Waals surface area contributed by atoms with Gasteiger partial charge < -0.3 is 20.3 Å². The molecule has 1 aromatic heterocycles. The van der Waals surface area contributed by atoms with Gasteiger partial charge in [0, 0.05) is 34.9 Å². The highest BCUT2D eigenvalue weighted by molar-refractivity contribution is 6.30. The zero-order valence-electron chi connectivity index (χ0n) is 15.0. The van der Waals surface area contributed by atoms with Gasteiger partial charge in [-0.2, -0.15) is 0 Å². The van der Waals surface area contributed by atoms with Crippen molar-refractivity contribution in [3.8, 4) is 0 Å². The number of carbonyl (C=O) groups is 2. The van der Waals surface area contributed by atoms with Crippen LogP contribution in [0.25, 0.3) is 0 Å². The van der Waals surface area contributed by atoms with E-state index in [2.05, 4.69) is 15.3 Å². The van der Waals surface area contributed by atoms with Crippen molar-refractivity contribution in [3.63, 3.8) is 0 Å². The maximum atomic E-state index is 14.7. The van der Waals surface area contributed by atoms with Gasteiger partial charge in [0.15, 0.2) is 0 Å². The topological polar surface area (TPSA) is 98.3 Å². The van der Waals surface area contributed by atoms with Crippen LogP contribution in [0.1, 0.15) is 33.4 Å². The molecule has 0 spiro atoms. The summed E-state index contributed by atoms with van der Waals surface area (Å²) in [5.74, 6) is -1.63. The lowest BCUT2D eigenvalue weighted by molar-refractivity contribution is 0.0697. The Bertz CT molecular complexity index is 1100. The third-order valence-corrected chi connectivity index (χ3v) is 5.04. The zero-order chi connectivity index (χ0) is 20.5. The van der Waals surface area contributed by atoms with Crippen LogP contribution in [0.5, 0.6) is 0 Å². The first-order chi connectivity index (χ1) is 13.9. The molecular formula is C20H16ClFN4O3. The Hall–Kier alpha value is -3.39. The van der Waals surface area contributed by atoms with E-state index in [1.165, 1.54) is 41.6 Å². The molecule has 0 radical (unpaired) electrons. The quantitative estimate of drug-likeness (QED) is 0.601. The first-order valence-corrected chi connectivity index (χ1v) is 9.20. The third kappa shape index (κ3) is 3.66. The van der Waals surface area contributed by atoms with Crippen LogP contribution in [-0.2, 0) is 6.42 Å². The lowest BCUT2D eigenvalue weighted by atomic mass is 9.95. The summed E-state index contributed by atoms with van der Waals surface area (Å²) in [6, 6.07) is 8.99. The summed E-state index contributed by atoms with van der Waals surface area (Å²) >= 11 is 5.88. The predicted molar refractivity (Wildman–Crippen MR) is 105 cm³/mol. The fourth-order valence-corrected chi connectivity index (χ4v) is 3.62. The normalized spacial score (nSPS) is 15.7. The molecule has 1 aliphatic rings. The van der Waals surface area contributed by atoms with Gasteiger partial charge in [-0.05, 0) is 30.3 Å². The highest BCUT2D eigenvalue weighted by atomic mass is 35.5. The van der Waals surface area contributed by atoms with Crippen molar-refractivity contribution >= 4 is 29.3 Å². The monoisotopic (exact) mass is 414 g/mol. The second-order valence-electron chi connectivity index (χ2n) is 6.59. The molecule has 9 heteroatoms. The Kier molecular flexibility index (Phi) is 4.94. The second kappa shape index (κ2) is 7.56. The number of carboxylic acid groups (broad SMARTS) is 1. The second-order valence-corrected chi connectivity index (χ2v) is 7.03. The van der Waals surface area contributed by atoms with E-state index in [-0.39, 0.29) is 16.1 Å². The average molecular weight is 415 g/mol. The number of hydrogen-bond acceptors (Lipinski definition) is 3. The number of nitrogens with zero attached hydrogens (tertiary/aromatic N) is 2. The van der Waals surface area contributed by atoms with Crippen molar-refractivity contribution < 1.29 is 19.1 Å². The maximum Gasteiger partial charge on any atom is 0.335 e. The number of aromatic amines is 1. The van der Waals surface area contributed by atoms with Gasteiger partial charge in [-0.15, -0.1) is 0 Å². The molecule has 0 fully saturated rings. The van der Waals surface area contributed by atoms with Crippen LogP contribution in [0.4, 0.5) is 14.9 Å². The number of fused-ring (bicyclic) bond motifs is 1. The van der Waals surface area contributed by atoms with Crippen molar-refractivity contribution in [2.45, 2.75) is 12.5 Å². The van der Waals surface area contributed by atoms with Crippen LogP contribution < -0.4 is 5.32 Å². The van der Waals surface area contributed by atoms with Gasteiger partial charge in [-0.3, -0.25) is 0 Å². The number of rotatable bonds is 3. The molecule has 0 aliphatic carbocycles. The third-order valence-electron chi connectivity index (χ3n) is 4.80. The highest BCUT2D eigenvalue weighted by Gasteiger charge is 2.35. The minimum absolute atomic E-state index is 0.0522. The number of anilines is 1. The molecule has 7 nitrogen and oxygen atoms in total. The molecule has 0 saturated carbocycles. The van der Waals surface area contributed by atoms with Gasteiger partial charge in [0.1, 0.15) is 11.9 Å². The number of carbonyl (C=O) groups excluding carboxylic acids is 1. The summed E-state index contributed by atoms with van der Waals surface area (Å²) < 4.78 is 14.7. The lowest BCUT2D eigenvalue weighted by Gasteiger charge is -2.35. The van der Waals surface area contributed by atoms with E-state index < -0.39 is 23.9 Å². The van der Waals surface area contributed by atoms with Crippen LogP contribution in [0.3, 0.4) is 0 Å². The first-order valence-electron chi connectivity index (χ1n) is 8.82. The first kappa shape index (κ1) is 18.9. The minimum atomic E-state index is -1.10. The molecule has 4 rings (SSSR count). The number of imidazole rings is 1. The van der Waals surface area contributed by atoms with E-state index in [1.54, 1.807) is 12.1 Å². The number of aromatic nitrogens is 2. The lowest BCUT2D eigenvalue weighted by Crippen LogP contribution is -2.43. The van der Waals surface area contributed by atoms with Crippen molar-refractivity contribution in [1.82, 2.24) is 14.9 Å². The summed E-state index contributed by atoms with van der Waals surface area (Å²) in [5, 5.41) is 12.1. The Morgan fingerprint density at radius 1 is 1.28 bits per heavy atom. The Balaban J connectivity index is 1.69. The van der Waals surface area contributed by atoms with Crippen LogP contribution in [0, 0.1) is 5.82 Å². The summed E-state index contributed by atoms with van der Waals surface area (Å²) in [5.41, 5.74) is 2.06. The Morgan fingerprint density at radius 2 is 2.10 bits per heavy atom. The Labute approximate surface area is 170 Å². The molecule has 2 aromatic carbocycles. The number of benzene rings is 2. The van der Waals surface area contributed by atoms with E-state index in [9.17, 15) is 14.0 Å². The van der Waals surface area contributed by atoms with E-state index in [0.717, 1.165) is 5.69 Å². The van der Waals surface area contributed by atoms with E-state index in [1.807, 2.05) is 0 Å². The van der Waals surface area contributed by atoms with Crippen molar-refractivity contribution in [3.05, 3.63) is 82.1 Å². The highest BCUT2D eigenvalue weighted by Crippen LogP contribution is 2.35. The molecular weight excluding hydrogens is 399 g/mol. The molecule has 1 unspecified atom stereocenters. The molecule has 29 heavy (non-hydrogen) atoms. The van der Waals surface area contributed by atoms with Crippen LogP contribution in [0.2, 0.25) is 5.02 Å². The molecule has 2 amide bonds. The van der Waals surface area contributed by atoms with Crippen molar-refractivity contribution in [2.75, 3.05) is 11.9 Å². The number of H-pyrrole nitrogens is 1. The standard InChI is InChI=1S/C20H16ClFN4O3/c21-12-4-5-14(15(22)9-12)18-17-16(23-10-24-17)6-7-26(18)20(29)25-13-3-1-2-11(8-13)19(27)28/h1-5,8-10,18H,6-7H2,(H,23,24)(H,25,29)(H,27,28). The van der Waals surface area contributed by atoms with Gasteiger partial charge in [0.2, 0.25) is 0 Å². The number of hydrogen-bond donors (Lipinski definition) is 3. The summed E-state index contributed by atoms with van der Waals surface area (Å²) in [7, 11) is 0. The van der Waals surface area contributed by atoms with Crippen molar-refractivity contribution in [2.24, 2.45) is 0 Å². The molecule has 1 aliphatic heterocycles. The SMILES string of the molecule is O=C(O)c1cccc(NC(=O)N2CCc3[nH]cnc3C2c2ccc(Cl)cc2F)c1. The molecule has 148 valence electrons. The fourth-order valence-electron chi connectivity index (χ4n) is 3.46. The number of aromatic carboxylic acids is 1. The molecule has 3 aromatic rings. The van der Waals surface area contributed by atoms with Gasteiger partial charge in [-0.1, -0.05) is 23.7 Å². The van der Waals surface area contributed by atoms with Gasteiger partial charge in [0.25, 0.3) is 0 Å². The molecule has 2 heterocycles. The predicted octanol–water partition coefficient (Wildman–Crippen LogP) is 4.08. The van der Waals surface area contributed by atoms with Crippen LogP contribution in [0.15, 0.2) is 48.8 Å². The summed E-state index contributed by atoms with van der Waals surface area (Å²) in [6.07, 6.45) is 2.05. The Morgan fingerprint density at radius 3 is 2.86 bits per heavy atom. The number of amides is 2. The van der Waals surface area contributed by atoms with Gasteiger partial charge in [-0.25, -0.2) is 19.0 Å². The number of carboxylic acids is 1. The molecule has 3 N–H and O–H groups in total. The number of halogens is 2. The average Bonchev–Trinajstić information content (AvgIpc) is 3.16. The fraction of sp³-hybridized carbons (Fsp3) is 0.150. The zero-order valence-corrected chi connectivity index (χ0v) is 15.8. The smallest absolute Gasteiger partial charge is 0.335 e. The summed E-state index contributed by atoms with van der Waals surface area (Å²) in [6.45, 7) is 0.326. The van der Waals surface area contributed by atoms with Crippen molar-refractivity contribution in [1.29, 1.82) is 0 Å².